The van der Waals surface area contributed by atoms with Gasteiger partial charge in [-0.3, -0.25) is 4.79 Å². The average molecular weight is 595 g/mol. The van der Waals surface area contributed by atoms with Gasteiger partial charge in [0.25, 0.3) is 0 Å². The average Bonchev–Trinajstić information content (AvgIpc) is 3.01. The van der Waals surface area contributed by atoms with Crippen LogP contribution in [0.4, 0.5) is 0 Å². The van der Waals surface area contributed by atoms with Gasteiger partial charge in [-0.2, -0.15) is 5.10 Å². The van der Waals surface area contributed by atoms with Gasteiger partial charge < -0.3 is 9.15 Å². The number of carbonyl (C=O) groups excluding carboxylic acids is 1. The summed E-state index contributed by atoms with van der Waals surface area (Å²) in [4.78, 5) is 12.2. The van der Waals surface area contributed by atoms with Gasteiger partial charge in [0, 0.05) is 10.4 Å². The Morgan fingerprint density at radius 2 is 2.00 bits per heavy atom. The van der Waals surface area contributed by atoms with E-state index in [1.807, 2.05) is 19.1 Å². The van der Waals surface area contributed by atoms with Crippen molar-refractivity contribution in [3.8, 4) is 5.75 Å². The summed E-state index contributed by atoms with van der Waals surface area (Å²) in [6.45, 7) is 2.56. The first kappa shape index (κ1) is 19.4. The lowest BCUT2D eigenvalue weighted by molar-refractivity contribution is 0.0929. The molecule has 2 aromatic carbocycles. The molecule has 0 bridgehead atoms. The fraction of sp³-hybridized carbons (Fsp3) is 0.111. The van der Waals surface area contributed by atoms with Crippen LogP contribution in [0.2, 0.25) is 5.02 Å². The van der Waals surface area contributed by atoms with E-state index in [0.717, 1.165) is 23.8 Å². The van der Waals surface area contributed by atoms with Gasteiger partial charge in [-0.1, -0.05) is 11.6 Å². The van der Waals surface area contributed by atoms with E-state index in [4.69, 9.17) is 20.8 Å². The molecule has 0 radical (unpaired) electrons. The molecule has 3 rings (SSSR count). The van der Waals surface area contributed by atoms with Gasteiger partial charge in [0.05, 0.1) is 20.0 Å². The van der Waals surface area contributed by atoms with E-state index in [1.165, 1.54) is 0 Å². The minimum absolute atomic E-state index is 0.176. The first-order valence-electron chi connectivity index (χ1n) is 7.62. The lowest BCUT2D eigenvalue weighted by Gasteiger charge is -2.09. The number of halogens is 3. The number of hydrogen-bond acceptors (Lipinski definition) is 4. The number of hydrogen-bond donors (Lipinski definition) is 1. The van der Waals surface area contributed by atoms with Gasteiger partial charge in [-0.15, -0.1) is 0 Å². The van der Waals surface area contributed by atoms with Crippen molar-refractivity contribution in [2.75, 3.05) is 6.61 Å². The number of hydrazone groups is 1. The summed E-state index contributed by atoms with van der Waals surface area (Å²) in [5.41, 5.74) is 3.93. The molecule has 1 heterocycles. The zero-order chi connectivity index (χ0) is 18.7. The number of rotatable bonds is 5. The van der Waals surface area contributed by atoms with Crippen LogP contribution in [0.5, 0.6) is 5.75 Å². The summed E-state index contributed by atoms with van der Waals surface area (Å²) in [5.74, 6) is 0.606. The van der Waals surface area contributed by atoms with Crippen LogP contribution in [0.1, 0.15) is 23.0 Å². The fourth-order valence-corrected chi connectivity index (χ4v) is 4.59. The Bertz CT molecular complexity index is 978. The molecule has 0 aliphatic carbocycles. The predicted octanol–water partition coefficient (Wildman–Crippen LogP) is 5.46. The third-order valence-corrected chi connectivity index (χ3v) is 5.23. The Hall–Kier alpha value is -1.33. The number of benzene rings is 2. The molecular formula is C18H13ClI2N2O3. The van der Waals surface area contributed by atoms with Crippen molar-refractivity contribution in [1.29, 1.82) is 0 Å². The maximum atomic E-state index is 12.2. The third kappa shape index (κ3) is 4.49. The van der Waals surface area contributed by atoms with Crippen LogP contribution in [-0.2, 0) is 0 Å². The Kier molecular flexibility index (Phi) is 6.41. The van der Waals surface area contributed by atoms with Crippen molar-refractivity contribution in [2.24, 2.45) is 5.10 Å². The maximum Gasteiger partial charge on any atom is 0.307 e. The summed E-state index contributed by atoms with van der Waals surface area (Å²) in [7, 11) is 0. The van der Waals surface area contributed by atoms with Crippen LogP contribution in [0.15, 0.2) is 45.9 Å². The topological polar surface area (TPSA) is 63.8 Å². The second-order valence-electron chi connectivity index (χ2n) is 5.24. The molecule has 8 heteroatoms. The Balaban J connectivity index is 1.72. The van der Waals surface area contributed by atoms with Crippen molar-refractivity contribution >= 4 is 79.9 Å². The van der Waals surface area contributed by atoms with Crippen molar-refractivity contribution < 1.29 is 13.9 Å². The summed E-state index contributed by atoms with van der Waals surface area (Å²) >= 11 is 10.4. The smallest absolute Gasteiger partial charge is 0.307 e. The molecule has 1 N–H and O–H groups in total. The molecule has 3 aromatic rings. The minimum Gasteiger partial charge on any atom is -0.492 e. The molecule has 0 saturated carbocycles. The number of ether oxygens (including phenoxy) is 1. The van der Waals surface area contributed by atoms with E-state index in [-0.39, 0.29) is 5.76 Å². The molecule has 0 unspecified atom stereocenters. The molecule has 1 aromatic heterocycles. The molecule has 134 valence electrons. The Morgan fingerprint density at radius 1 is 1.27 bits per heavy atom. The van der Waals surface area contributed by atoms with E-state index in [2.05, 4.69) is 55.7 Å². The van der Waals surface area contributed by atoms with E-state index < -0.39 is 5.91 Å². The molecule has 1 amide bonds. The van der Waals surface area contributed by atoms with Crippen LogP contribution in [0.25, 0.3) is 11.0 Å². The molecule has 26 heavy (non-hydrogen) atoms. The van der Waals surface area contributed by atoms with Gasteiger partial charge >= 0.3 is 5.91 Å². The van der Waals surface area contributed by atoms with Gasteiger partial charge in [0.1, 0.15) is 11.3 Å². The third-order valence-electron chi connectivity index (χ3n) is 3.39. The van der Waals surface area contributed by atoms with Crippen molar-refractivity contribution in [2.45, 2.75) is 6.92 Å². The Morgan fingerprint density at radius 3 is 2.69 bits per heavy atom. The minimum atomic E-state index is -0.427. The van der Waals surface area contributed by atoms with Crippen molar-refractivity contribution in [3.05, 3.63) is 59.9 Å². The second kappa shape index (κ2) is 8.57. The number of nitrogens with one attached hydrogen (secondary N) is 1. The standard InChI is InChI=1S/C18H13ClI2N2O3/c1-2-25-17-13(20)5-10(6-14(17)21)9-22-23-18(24)16-8-11-7-12(19)3-4-15(11)26-16/h3-9H,2H2,1H3,(H,23,24)/b22-9+. The van der Waals surface area contributed by atoms with E-state index in [9.17, 15) is 4.79 Å². The van der Waals surface area contributed by atoms with Crippen LogP contribution in [0.3, 0.4) is 0 Å². The SMILES string of the molecule is CCOc1c(I)cc(/C=N/NC(=O)c2cc3cc(Cl)ccc3o2)cc1I. The highest BCUT2D eigenvalue weighted by Crippen LogP contribution is 2.28. The van der Waals surface area contributed by atoms with Crippen LogP contribution in [-0.4, -0.2) is 18.7 Å². The van der Waals surface area contributed by atoms with Crippen LogP contribution < -0.4 is 10.2 Å². The number of amides is 1. The molecule has 0 aliphatic rings. The predicted molar refractivity (Wildman–Crippen MR) is 119 cm³/mol. The molecule has 0 fully saturated rings. The van der Waals surface area contributed by atoms with Crippen LogP contribution in [0, 0.1) is 7.14 Å². The summed E-state index contributed by atoms with van der Waals surface area (Å²) in [6.07, 6.45) is 1.58. The van der Waals surface area contributed by atoms with Gasteiger partial charge in [0.15, 0.2) is 5.76 Å². The van der Waals surface area contributed by atoms with E-state index in [1.54, 1.807) is 30.5 Å². The van der Waals surface area contributed by atoms with Gasteiger partial charge in [0.2, 0.25) is 0 Å². The normalized spacial score (nSPS) is 11.2. The maximum absolute atomic E-state index is 12.2. The molecule has 0 saturated heterocycles. The largest absolute Gasteiger partial charge is 0.492 e. The summed E-state index contributed by atoms with van der Waals surface area (Å²) < 4.78 is 13.1. The highest BCUT2D eigenvalue weighted by molar-refractivity contribution is 14.1. The number of nitrogens with zero attached hydrogens (tertiary/aromatic N) is 1. The number of carbonyl (C=O) groups is 1. The van der Waals surface area contributed by atoms with Crippen molar-refractivity contribution in [1.82, 2.24) is 5.43 Å². The quantitative estimate of drug-likeness (QED) is 0.243. The molecule has 0 spiro atoms. The van der Waals surface area contributed by atoms with Gasteiger partial charge in [-0.05, 0) is 94.1 Å². The lowest BCUT2D eigenvalue weighted by Crippen LogP contribution is -2.16. The zero-order valence-corrected chi connectivity index (χ0v) is 18.6. The number of fused-ring (bicyclic) bond motifs is 1. The Labute approximate surface area is 182 Å². The molecule has 0 atom stereocenters. The molecular weight excluding hydrogens is 581 g/mol. The first-order valence-corrected chi connectivity index (χ1v) is 10.2. The summed E-state index contributed by atoms with van der Waals surface area (Å²) in [6, 6.07) is 10.7. The second-order valence-corrected chi connectivity index (χ2v) is 8.00. The number of furan rings is 1. The highest BCUT2D eigenvalue weighted by atomic mass is 127. The van der Waals surface area contributed by atoms with Crippen LogP contribution >= 0.6 is 56.8 Å². The van der Waals surface area contributed by atoms with Crippen molar-refractivity contribution in [3.63, 3.8) is 0 Å². The zero-order valence-electron chi connectivity index (χ0n) is 13.6. The lowest BCUT2D eigenvalue weighted by atomic mass is 10.2. The monoisotopic (exact) mass is 594 g/mol. The van der Waals surface area contributed by atoms with E-state index >= 15 is 0 Å². The highest BCUT2D eigenvalue weighted by Gasteiger charge is 2.12. The molecule has 5 nitrogen and oxygen atoms in total. The van der Waals surface area contributed by atoms with E-state index in [0.29, 0.717) is 17.2 Å². The molecule has 0 aliphatic heterocycles. The first-order chi connectivity index (χ1) is 12.5. The summed E-state index contributed by atoms with van der Waals surface area (Å²) in [5, 5.41) is 5.36. The van der Waals surface area contributed by atoms with Gasteiger partial charge in [-0.25, -0.2) is 5.43 Å². The fourth-order valence-electron chi connectivity index (χ4n) is 2.28.